The molecule has 2 aliphatic heterocycles. The predicted molar refractivity (Wildman–Crippen MR) is 124 cm³/mol. The highest BCUT2D eigenvalue weighted by atomic mass is 16.6. The Bertz CT molecular complexity index is 894. The van der Waals surface area contributed by atoms with Crippen molar-refractivity contribution < 1.29 is 19.4 Å². The van der Waals surface area contributed by atoms with E-state index in [-0.39, 0.29) is 36.0 Å². The number of carbonyl (C=O) groups excluding carboxylic acids is 2. The summed E-state index contributed by atoms with van der Waals surface area (Å²) in [6.07, 6.45) is 8.10. The maximum Gasteiger partial charge on any atom is 0.410 e. The molecule has 0 spiro atoms. The summed E-state index contributed by atoms with van der Waals surface area (Å²) >= 11 is 0. The van der Waals surface area contributed by atoms with E-state index in [1.807, 2.05) is 36.2 Å². The summed E-state index contributed by atoms with van der Waals surface area (Å²) in [5.41, 5.74) is 2.30. The molecule has 2 saturated carbocycles. The van der Waals surface area contributed by atoms with Gasteiger partial charge in [0, 0.05) is 37.5 Å². The number of rotatable bonds is 1. The van der Waals surface area contributed by atoms with Crippen molar-refractivity contribution in [2.24, 2.45) is 17.8 Å². The number of fused-ring (bicyclic) bond motifs is 3. The summed E-state index contributed by atoms with van der Waals surface area (Å²) in [4.78, 5) is 29.7. The average molecular weight is 454 g/mol. The van der Waals surface area contributed by atoms with E-state index in [0.717, 1.165) is 43.4 Å². The van der Waals surface area contributed by atoms with Crippen LogP contribution in [0.4, 0.5) is 4.79 Å². The van der Waals surface area contributed by atoms with Crippen molar-refractivity contribution in [1.29, 1.82) is 0 Å². The van der Waals surface area contributed by atoms with E-state index in [0.29, 0.717) is 31.8 Å². The molecule has 7 heteroatoms. The van der Waals surface area contributed by atoms with Crippen LogP contribution >= 0.6 is 0 Å². The summed E-state index contributed by atoms with van der Waals surface area (Å²) < 4.78 is 5.89. The van der Waals surface area contributed by atoms with Gasteiger partial charge in [-0.1, -0.05) is 36.4 Å². The molecule has 0 aromatic heterocycles. The Balaban J connectivity index is 1.26. The second-order valence-corrected chi connectivity index (χ2v) is 10.2. The number of nitrogens with one attached hydrogen (secondary N) is 1. The lowest BCUT2D eigenvalue weighted by Gasteiger charge is -2.31. The summed E-state index contributed by atoms with van der Waals surface area (Å²) in [5, 5.41) is 14.3. The van der Waals surface area contributed by atoms with E-state index in [1.54, 1.807) is 4.90 Å². The van der Waals surface area contributed by atoms with Crippen molar-refractivity contribution in [3.63, 3.8) is 0 Å². The van der Waals surface area contributed by atoms with Crippen LogP contribution in [0.25, 0.3) is 0 Å². The maximum absolute atomic E-state index is 13.2. The first kappa shape index (κ1) is 22.4. The van der Waals surface area contributed by atoms with Gasteiger partial charge in [-0.3, -0.25) is 14.6 Å². The van der Waals surface area contributed by atoms with E-state index in [2.05, 4.69) is 17.5 Å². The summed E-state index contributed by atoms with van der Waals surface area (Å²) in [7, 11) is 1.92. The molecule has 2 N–H and O–H groups in total. The minimum absolute atomic E-state index is 0.0162. The number of amides is 2. The number of benzene rings is 1. The fourth-order valence-electron chi connectivity index (χ4n) is 5.67. The van der Waals surface area contributed by atoms with Gasteiger partial charge >= 0.3 is 6.09 Å². The average Bonchev–Trinajstić information content (AvgIpc) is 3.21. The minimum Gasteiger partial charge on any atom is -0.446 e. The first-order valence-electron chi connectivity index (χ1n) is 12.4. The lowest BCUT2D eigenvalue weighted by Crippen LogP contribution is -2.44. The lowest BCUT2D eigenvalue weighted by atomic mass is 9.92. The predicted octanol–water partition coefficient (Wildman–Crippen LogP) is 3.03. The largest absolute Gasteiger partial charge is 0.446 e. The van der Waals surface area contributed by atoms with Crippen LogP contribution in [-0.4, -0.2) is 58.9 Å². The van der Waals surface area contributed by atoms with Crippen LogP contribution in [0.15, 0.2) is 36.4 Å². The van der Waals surface area contributed by atoms with Crippen molar-refractivity contribution in [2.45, 2.75) is 70.0 Å². The van der Waals surface area contributed by atoms with E-state index in [4.69, 9.17) is 4.74 Å². The van der Waals surface area contributed by atoms with Crippen molar-refractivity contribution in [3.8, 4) is 0 Å². The second kappa shape index (κ2) is 9.47. The number of allylic oxidation sites excluding steroid dienone is 1. The molecule has 1 aromatic rings. The highest BCUT2D eigenvalue weighted by Crippen LogP contribution is 2.40. The molecule has 0 radical (unpaired) electrons. The van der Waals surface area contributed by atoms with Crippen molar-refractivity contribution in [3.05, 3.63) is 47.5 Å². The fourth-order valence-corrected chi connectivity index (χ4v) is 5.67. The highest BCUT2D eigenvalue weighted by Gasteiger charge is 2.47. The fraction of sp³-hybridized carbons (Fsp3) is 0.615. The molecule has 4 aliphatic rings. The number of aliphatic hydroxyl groups is 1. The topological polar surface area (TPSA) is 82.1 Å². The zero-order valence-corrected chi connectivity index (χ0v) is 19.4. The van der Waals surface area contributed by atoms with Crippen molar-refractivity contribution in [2.75, 3.05) is 13.6 Å². The molecule has 2 fully saturated rings. The van der Waals surface area contributed by atoms with E-state index in [9.17, 15) is 14.7 Å². The van der Waals surface area contributed by atoms with Crippen LogP contribution in [0.1, 0.15) is 49.7 Å². The second-order valence-electron chi connectivity index (χ2n) is 10.2. The summed E-state index contributed by atoms with van der Waals surface area (Å²) in [5.74, 6) is -0.198. The normalized spacial score (nSPS) is 35.6. The molecule has 2 aliphatic carbocycles. The number of aliphatic hydroxyl groups excluding tert-OH is 1. The number of hydrogen-bond acceptors (Lipinski definition) is 5. The Labute approximate surface area is 195 Å². The minimum atomic E-state index is -0.728. The molecule has 0 saturated heterocycles. The molecule has 1 aromatic carbocycles. The van der Waals surface area contributed by atoms with Gasteiger partial charge in [-0.15, -0.1) is 0 Å². The van der Waals surface area contributed by atoms with Crippen LogP contribution in [-0.2, 0) is 22.6 Å². The van der Waals surface area contributed by atoms with Gasteiger partial charge in [0.05, 0.1) is 0 Å². The molecule has 33 heavy (non-hydrogen) atoms. The Morgan fingerprint density at radius 3 is 2.64 bits per heavy atom. The van der Waals surface area contributed by atoms with Crippen LogP contribution < -0.4 is 5.32 Å². The Hall–Kier alpha value is -2.38. The molecular weight excluding hydrogens is 418 g/mol. The first-order chi connectivity index (χ1) is 16.0. The van der Waals surface area contributed by atoms with Crippen LogP contribution in [0.3, 0.4) is 0 Å². The monoisotopic (exact) mass is 453 g/mol. The number of carbonyl (C=O) groups is 2. The smallest absolute Gasteiger partial charge is 0.410 e. The first-order valence-corrected chi connectivity index (χ1v) is 12.4. The molecule has 178 valence electrons. The van der Waals surface area contributed by atoms with Gasteiger partial charge in [0.25, 0.3) is 0 Å². The van der Waals surface area contributed by atoms with Gasteiger partial charge in [-0.2, -0.15) is 0 Å². The van der Waals surface area contributed by atoms with E-state index >= 15 is 0 Å². The molecule has 6 atom stereocenters. The van der Waals surface area contributed by atoms with Gasteiger partial charge in [0.1, 0.15) is 12.3 Å². The molecule has 0 bridgehead atoms. The number of hydrogen-bond donors (Lipinski definition) is 2. The molecule has 2 heterocycles. The quantitative estimate of drug-likeness (QED) is 0.639. The molecule has 1 unspecified atom stereocenters. The van der Waals surface area contributed by atoms with Gasteiger partial charge in [-0.05, 0) is 62.6 Å². The van der Waals surface area contributed by atoms with Gasteiger partial charge < -0.3 is 15.2 Å². The third-order valence-corrected chi connectivity index (χ3v) is 7.79. The standard InChI is InChI=1S/C26H35N3O4/c1-28-11-7-3-2-4-8-17-12-23(17)27-24(30)21-13-20(14-22(21)25(28)31)33-26(32)29-15-18-9-5-6-10-19(18)16-29/h4-6,8-10,17,20-23,25,31H,2-3,7,11-16H2,1H3,(H,27,30)/b8-4-/t17-,20-,21-,22-,23-,25?/m1/s1. The molecular formula is C26H35N3O4. The highest BCUT2D eigenvalue weighted by molar-refractivity contribution is 5.80. The summed E-state index contributed by atoms with van der Waals surface area (Å²) in [6.45, 7) is 1.89. The van der Waals surface area contributed by atoms with Gasteiger partial charge in [0.2, 0.25) is 5.91 Å². The van der Waals surface area contributed by atoms with Crippen LogP contribution in [0.5, 0.6) is 0 Å². The Morgan fingerprint density at radius 2 is 1.88 bits per heavy atom. The van der Waals surface area contributed by atoms with E-state index < -0.39 is 6.23 Å². The zero-order valence-electron chi connectivity index (χ0n) is 19.4. The maximum atomic E-state index is 13.2. The molecule has 7 nitrogen and oxygen atoms in total. The molecule has 2 amide bonds. The van der Waals surface area contributed by atoms with Gasteiger partial charge in [0.15, 0.2) is 0 Å². The Morgan fingerprint density at radius 1 is 1.12 bits per heavy atom. The lowest BCUT2D eigenvalue weighted by molar-refractivity contribution is -0.130. The van der Waals surface area contributed by atoms with Crippen LogP contribution in [0, 0.1) is 17.8 Å². The Kier molecular flexibility index (Phi) is 6.43. The number of ether oxygens (including phenoxy) is 1. The third-order valence-electron chi connectivity index (χ3n) is 7.79. The van der Waals surface area contributed by atoms with Crippen molar-refractivity contribution >= 4 is 12.0 Å². The van der Waals surface area contributed by atoms with Gasteiger partial charge in [-0.25, -0.2) is 4.79 Å². The third kappa shape index (κ3) is 4.94. The van der Waals surface area contributed by atoms with E-state index in [1.165, 1.54) is 0 Å². The molecule has 5 rings (SSSR count). The number of nitrogens with zero attached hydrogens (tertiary/aromatic N) is 2. The SMILES string of the molecule is CN1CCCC/C=C\[C@@H]2C[C@H]2NC(=O)[C@@H]2C[C@@H](OC(=O)N3Cc4ccccc4C3)C[C@H]2C1O. The van der Waals surface area contributed by atoms with Crippen molar-refractivity contribution in [1.82, 2.24) is 15.1 Å². The summed E-state index contributed by atoms with van der Waals surface area (Å²) in [6, 6.07) is 8.24. The van der Waals surface area contributed by atoms with Crippen LogP contribution in [0.2, 0.25) is 0 Å². The zero-order chi connectivity index (χ0) is 22.9.